The number of carbonyl (C=O) groups is 3. The summed E-state index contributed by atoms with van der Waals surface area (Å²) in [4.78, 5) is 48.1. The van der Waals surface area contributed by atoms with Gasteiger partial charge in [0.15, 0.2) is 11.3 Å². The van der Waals surface area contributed by atoms with Gasteiger partial charge in [0.05, 0.1) is 40.4 Å². The molecule has 0 aliphatic heterocycles. The zero-order valence-electron chi connectivity index (χ0n) is 20.3. The summed E-state index contributed by atoms with van der Waals surface area (Å²) in [5.41, 5.74) is 3.92. The quantitative estimate of drug-likeness (QED) is 0.0748. The van der Waals surface area contributed by atoms with Crippen LogP contribution in [0.4, 0.5) is 11.4 Å². The number of nitrogens with two attached hydrogens (primary N) is 1. The first-order chi connectivity index (χ1) is 18.7. The van der Waals surface area contributed by atoms with E-state index in [-0.39, 0.29) is 37.5 Å². The number of methoxy groups -OCH3 is 2. The van der Waals surface area contributed by atoms with Crippen LogP contribution in [0.5, 0.6) is 11.5 Å². The van der Waals surface area contributed by atoms with Crippen molar-refractivity contribution in [2.24, 2.45) is 0 Å². The van der Waals surface area contributed by atoms with Crippen molar-refractivity contribution < 1.29 is 47.0 Å². The van der Waals surface area contributed by atoms with Crippen molar-refractivity contribution in [3.63, 3.8) is 0 Å². The topological polar surface area (TPSA) is 214 Å². The monoisotopic (exact) mass is 657 g/mol. The number of nitrogen functional groups attached to an aromatic ring is 1. The molecule has 4 N–H and O–H groups in total. The average molecular weight is 659 g/mol. The van der Waals surface area contributed by atoms with Crippen LogP contribution in [0.2, 0.25) is 0 Å². The van der Waals surface area contributed by atoms with Gasteiger partial charge in [0, 0.05) is 6.07 Å². The standard InChI is InChI=1S/C23H17BrClN3O11S/c1-37-19-14(24)9-16(28(33)34)20(38-2)18(19)23(32)39-22(31)13-6-11(5-12(7-13)21(29)30)10-3-4-17(15(26)8-10)40(35,36)27-25/h3-9,27H,26H2,1-2H3,(H,29,30). The van der Waals surface area contributed by atoms with E-state index in [9.17, 15) is 38.0 Å². The summed E-state index contributed by atoms with van der Waals surface area (Å²) in [5, 5.41) is 21.0. The number of hydrogen-bond acceptors (Lipinski definition) is 11. The highest BCUT2D eigenvalue weighted by atomic mass is 79.9. The third-order valence-corrected chi connectivity index (χ3v) is 7.66. The van der Waals surface area contributed by atoms with Gasteiger partial charge in [0.2, 0.25) is 5.75 Å². The number of ether oxygens (including phenoxy) is 3. The van der Waals surface area contributed by atoms with Gasteiger partial charge in [-0.2, -0.15) is 0 Å². The summed E-state index contributed by atoms with van der Waals surface area (Å²) in [6, 6.07) is 7.91. The number of nitrogens with one attached hydrogen (secondary N) is 1. The summed E-state index contributed by atoms with van der Waals surface area (Å²) in [7, 11) is -1.89. The second-order valence-electron chi connectivity index (χ2n) is 7.69. The van der Waals surface area contributed by atoms with Crippen LogP contribution in [0, 0.1) is 10.1 Å². The van der Waals surface area contributed by atoms with E-state index in [1.807, 2.05) is 0 Å². The van der Waals surface area contributed by atoms with Crippen LogP contribution in [0.1, 0.15) is 31.1 Å². The molecule has 3 rings (SSSR count). The normalized spacial score (nSPS) is 11.0. The number of hydrogen-bond donors (Lipinski definition) is 3. The molecular formula is C23H17BrClN3O11S. The van der Waals surface area contributed by atoms with Crippen molar-refractivity contribution in [3.05, 3.63) is 73.7 Å². The number of nitrogens with zero attached hydrogens (tertiary/aromatic N) is 1. The number of aromatic carboxylic acids is 1. The molecule has 0 aliphatic carbocycles. The smallest absolute Gasteiger partial charge is 0.353 e. The van der Waals surface area contributed by atoms with Gasteiger partial charge in [0.25, 0.3) is 10.0 Å². The number of sulfonamides is 1. The predicted octanol–water partition coefficient (Wildman–Crippen LogP) is 3.75. The number of halogens is 2. The van der Waals surface area contributed by atoms with Crippen LogP contribution in [-0.4, -0.2) is 50.6 Å². The van der Waals surface area contributed by atoms with E-state index in [1.54, 1.807) is 4.24 Å². The molecule has 0 saturated carbocycles. The van der Waals surface area contributed by atoms with E-state index in [1.165, 1.54) is 24.3 Å². The average Bonchev–Trinajstić information content (AvgIpc) is 2.91. The van der Waals surface area contributed by atoms with Gasteiger partial charge in [-0.25, -0.2) is 22.8 Å². The lowest BCUT2D eigenvalue weighted by molar-refractivity contribution is -0.385. The van der Waals surface area contributed by atoms with Crippen molar-refractivity contribution >= 4 is 67.0 Å². The Balaban J connectivity index is 2.09. The van der Waals surface area contributed by atoms with Gasteiger partial charge in [-0.15, -0.1) is 4.24 Å². The van der Waals surface area contributed by atoms with Crippen LogP contribution in [0.3, 0.4) is 0 Å². The van der Waals surface area contributed by atoms with Gasteiger partial charge in [-0.05, 0) is 69.2 Å². The Kier molecular flexibility index (Phi) is 8.99. The molecule has 0 fully saturated rings. The van der Waals surface area contributed by atoms with Crippen molar-refractivity contribution in [1.29, 1.82) is 0 Å². The van der Waals surface area contributed by atoms with E-state index in [0.717, 1.165) is 32.4 Å². The molecule has 0 amide bonds. The molecule has 3 aromatic rings. The molecule has 0 aromatic heterocycles. The highest BCUT2D eigenvalue weighted by Gasteiger charge is 2.32. The summed E-state index contributed by atoms with van der Waals surface area (Å²) in [5.74, 6) is -4.92. The van der Waals surface area contributed by atoms with Gasteiger partial charge in [0.1, 0.15) is 4.90 Å². The van der Waals surface area contributed by atoms with Crippen LogP contribution < -0.4 is 19.4 Å². The van der Waals surface area contributed by atoms with Crippen molar-refractivity contribution in [2.45, 2.75) is 4.90 Å². The second-order valence-corrected chi connectivity index (χ2v) is 10.6. The molecule has 0 unspecified atom stereocenters. The van der Waals surface area contributed by atoms with E-state index >= 15 is 0 Å². The fraction of sp³-hybridized carbons (Fsp3) is 0.0870. The summed E-state index contributed by atoms with van der Waals surface area (Å²) >= 11 is 8.29. The largest absolute Gasteiger partial charge is 0.495 e. The number of carbonyl (C=O) groups excluding carboxylic acids is 2. The summed E-state index contributed by atoms with van der Waals surface area (Å²) < 4.78 is 40.7. The Morgan fingerprint density at radius 1 is 1.00 bits per heavy atom. The Morgan fingerprint density at radius 2 is 1.62 bits per heavy atom. The molecule has 40 heavy (non-hydrogen) atoms. The van der Waals surface area contributed by atoms with Crippen LogP contribution >= 0.6 is 27.7 Å². The lowest BCUT2D eigenvalue weighted by atomic mass is 9.99. The molecule has 0 aliphatic rings. The zero-order chi connectivity index (χ0) is 29.9. The number of rotatable bonds is 9. The van der Waals surface area contributed by atoms with Crippen molar-refractivity contribution in [1.82, 2.24) is 4.24 Å². The Morgan fingerprint density at radius 3 is 2.15 bits per heavy atom. The van der Waals surface area contributed by atoms with Gasteiger partial charge < -0.3 is 25.1 Å². The molecule has 210 valence electrons. The molecule has 17 heteroatoms. The lowest BCUT2D eigenvalue weighted by Crippen LogP contribution is -2.16. The number of esters is 2. The van der Waals surface area contributed by atoms with Crippen LogP contribution in [0.15, 0.2) is 51.8 Å². The molecule has 0 heterocycles. The third kappa shape index (κ3) is 5.99. The molecule has 14 nitrogen and oxygen atoms in total. The first-order valence-electron chi connectivity index (χ1n) is 10.5. The van der Waals surface area contributed by atoms with E-state index in [0.29, 0.717) is 0 Å². The zero-order valence-corrected chi connectivity index (χ0v) is 23.4. The van der Waals surface area contributed by atoms with Crippen LogP contribution in [-0.2, 0) is 14.8 Å². The number of nitro groups is 1. The summed E-state index contributed by atoms with van der Waals surface area (Å²) in [6.45, 7) is 0. The number of carboxylic acid groups (broad SMARTS) is 1. The molecule has 3 aromatic carbocycles. The maximum absolute atomic E-state index is 13.0. The Bertz CT molecular complexity index is 1680. The maximum atomic E-state index is 13.0. The minimum atomic E-state index is -4.12. The number of anilines is 1. The first-order valence-corrected chi connectivity index (χ1v) is 13.2. The van der Waals surface area contributed by atoms with Crippen LogP contribution in [0.25, 0.3) is 11.1 Å². The SMILES string of the molecule is COc1c(Br)cc([N+](=O)[O-])c(OC)c1C(=O)OC(=O)c1cc(C(=O)O)cc(-c2ccc(S(=O)(=O)NCl)c(N)c2)c1. The molecule has 0 radical (unpaired) electrons. The van der Waals surface area contributed by atoms with Gasteiger partial charge in [-0.1, -0.05) is 6.07 Å². The number of benzene rings is 3. The molecule has 0 spiro atoms. The minimum absolute atomic E-state index is 0.00974. The molecule has 0 bridgehead atoms. The van der Waals surface area contributed by atoms with Gasteiger partial charge >= 0.3 is 23.6 Å². The molecule has 0 saturated heterocycles. The molecular weight excluding hydrogens is 642 g/mol. The summed E-state index contributed by atoms with van der Waals surface area (Å²) in [6.07, 6.45) is 0. The maximum Gasteiger partial charge on any atom is 0.353 e. The lowest BCUT2D eigenvalue weighted by Gasteiger charge is -2.14. The van der Waals surface area contributed by atoms with E-state index < -0.39 is 55.4 Å². The number of carboxylic acids is 1. The predicted molar refractivity (Wildman–Crippen MR) is 143 cm³/mol. The fourth-order valence-corrected chi connectivity index (χ4v) is 5.10. The first kappa shape index (κ1) is 30.3. The van der Waals surface area contributed by atoms with Crippen molar-refractivity contribution in [2.75, 3.05) is 20.0 Å². The van der Waals surface area contributed by atoms with Gasteiger partial charge in [-0.3, -0.25) is 10.1 Å². The van der Waals surface area contributed by atoms with E-state index in [2.05, 4.69) is 15.9 Å². The second kappa shape index (κ2) is 11.9. The number of nitro benzene ring substituents is 1. The third-order valence-electron chi connectivity index (χ3n) is 5.31. The minimum Gasteiger partial charge on any atom is -0.495 e. The Labute approximate surface area is 239 Å². The highest BCUT2D eigenvalue weighted by molar-refractivity contribution is 9.10. The molecule has 0 atom stereocenters. The van der Waals surface area contributed by atoms with Crippen molar-refractivity contribution in [3.8, 4) is 22.6 Å². The highest BCUT2D eigenvalue weighted by Crippen LogP contribution is 2.43. The Hall–Kier alpha value is -4.25. The fourth-order valence-electron chi connectivity index (χ4n) is 3.57. The van der Waals surface area contributed by atoms with E-state index in [4.69, 9.17) is 31.7 Å².